The highest BCUT2D eigenvalue weighted by Crippen LogP contribution is 2.41. The van der Waals surface area contributed by atoms with Crippen molar-refractivity contribution in [3.8, 4) is 22.5 Å². The molecule has 2 N–H and O–H groups in total. The van der Waals surface area contributed by atoms with Gasteiger partial charge in [0.15, 0.2) is 0 Å². The maximum absolute atomic E-state index is 11.9. The van der Waals surface area contributed by atoms with Crippen molar-refractivity contribution in [2.75, 3.05) is 13.6 Å². The van der Waals surface area contributed by atoms with E-state index >= 15 is 0 Å². The summed E-state index contributed by atoms with van der Waals surface area (Å²) in [5, 5.41) is 14.6. The Morgan fingerprint density at radius 1 is 1.07 bits per heavy atom. The first-order valence-corrected chi connectivity index (χ1v) is 9.59. The van der Waals surface area contributed by atoms with Crippen LogP contribution in [-0.2, 0) is 6.54 Å². The van der Waals surface area contributed by atoms with Crippen molar-refractivity contribution in [1.29, 1.82) is 0 Å². The molecule has 0 spiro atoms. The fraction of sp³-hybridized carbons (Fsp3) is 0.167. The minimum absolute atomic E-state index is 0.267. The summed E-state index contributed by atoms with van der Waals surface area (Å²) >= 11 is 0. The lowest BCUT2D eigenvalue weighted by Gasteiger charge is -2.17. The number of hydrogen-bond acceptors (Lipinski definition) is 4. The van der Waals surface area contributed by atoms with E-state index in [0.29, 0.717) is 23.5 Å². The van der Waals surface area contributed by atoms with E-state index in [1.54, 1.807) is 12.1 Å². The van der Waals surface area contributed by atoms with Gasteiger partial charge in [-0.15, -0.1) is 0 Å². The smallest absolute Gasteiger partial charge is 0.336 e. The quantitative estimate of drug-likeness (QED) is 0.494. The fourth-order valence-corrected chi connectivity index (χ4v) is 3.70. The van der Waals surface area contributed by atoms with Crippen LogP contribution in [0.3, 0.4) is 0 Å². The summed E-state index contributed by atoms with van der Waals surface area (Å²) in [5.74, 6) is -0.268. The Balaban J connectivity index is 2.13. The molecule has 0 saturated carbocycles. The zero-order chi connectivity index (χ0) is 20.4. The van der Waals surface area contributed by atoms with Gasteiger partial charge in [0.05, 0.1) is 10.9 Å². The second kappa shape index (κ2) is 7.89. The Hall–Kier alpha value is -3.44. The summed E-state index contributed by atoms with van der Waals surface area (Å²) < 4.78 is 6.25. The van der Waals surface area contributed by atoms with Crippen molar-refractivity contribution in [3.05, 3.63) is 77.1 Å². The highest BCUT2D eigenvalue weighted by Gasteiger charge is 2.21. The summed E-state index contributed by atoms with van der Waals surface area (Å²) in [5.41, 5.74) is 4.47. The zero-order valence-corrected chi connectivity index (χ0v) is 16.4. The second-order valence-electron chi connectivity index (χ2n) is 6.84. The van der Waals surface area contributed by atoms with E-state index < -0.39 is 5.97 Å². The lowest BCUT2D eigenvalue weighted by Crippen LogP contribution is -2.06. The summed E-state index contributed by atoms with van der Waals surface area (Å²) in [6, 6.07) is 18.9. The third-order valence-electron chi connectivity index (χ3n) is 4.92. The van der Waals surface area contributed by atoms with Crippen molar-refractivity contribution in [2.45, 2.75) is 13.5 Å². The van der Waals surface area contributed by atoms with Crippen molar-refractivity contribution in [1.82, 2.24) is 5.32 Å². The SMILES string of the molecule is CC/N=c1\ccc2c(-c3ccccc3C(=O)O)c3ccc(CNC)cc3oc-2c1. The first-order chi connectivity index (χ1) is 14.1. The number of carboxylic acid groups (broad SMARTS) is 1. The maximum atomic E-state index is 11.9. The molecule has 2 aliphatic rings. The molecule has 5 heteroatoms. The summed E-state index contributed by atoms with van der Waals surface area (Å²) in [6.45, 7) is 3.39. The number of fused-ring (bicyclic) bond motifs is 2. The second-order valence-corrected chi connectivity index (χ2v) is 6.84. The molecule has 2 aromatic rings. The summed E-state index contributed by atoms with van der Waals surface area (Å²) in [7, 11) is 1.90. The van der Waals surface area contributed by atoms with E-state index in [0.717, 1.165) is 34.0 Å². The van der Waals surface area contributed by atoms with Gasteiger partial charge in [-0.1, -0.05) is 30.3 Å². The van der Waals surface area contributed by atoms with Crippen LogP contribution in [0, 0.1) is 0 Å². The Kier molecular flexibility index (Phi) is 5.14. The Morgan fingerprint density at radius 3 is 2.66 bits per heavy atom. The van der Waals surface area contributed by atoms with Crippen molar-refractivity contribution in [3.63, 3.8) is 0 Å². The molecule has 1 heterocycles. The molecule has 1 aliphatic carbocycles. The monoisotopic (exact) mass is 386 g/mol. The van der Waals surface area contributed by atoms with Crippen molar-refractivity contribution >= 4 is 16.9 Å². The third-order valence-corrected chi connectivity index (χ3v) is 4.92. The van der Waals surface area contributed by atoms with E-state index in [2.05, 4.69) is 10.3 Å². The van der Waals surface area contributed by atoms with E-state index in [9.17, 15) is 9.90 Å². The van der Waals surface area contributed by atoms with Crippen molar-refractivity contribution in [2.24, 2.45) is 4.99 Å². The predicted molar refractivity (Wildman–Crippen MR) is 114 cm³/mol. The standard InChI is InChI=1S/C24H22N2O3/c1-3-26-16-9-11-20-22(13-16)29-21-12-15(14-25-2)8-10-19(21)23(20)17-6-4-5-7-18(17)24(27)28/h4-13,25H,3,14H2,1-2H3,(H,27,28)/b26-16+. The largest absolute Gasteiger partial charge is 0.478 e. The summed E-state index contributed by atoms with van der Waals surface area (Å²) in [4.78, 5) is 16.4. The normalized spacial score (nSPS) is 12.0. The molecular formula is C24H22N2O3. The van der Waals surface area contributed by atoms with Gasteiger partial charge in [0.2, 0.25) is 0 Å². The van der Waals surface area contributed by atoms with Crippen LogP contribution in [0.4, 0.5) is 0 Å². The molecule has 4 rings (SSSR count). The lowest BCUT2D eigenvalue weighted by molar-refractivity contribution is 0.0697. The molecule has 146 valence electrons. The van der Waals surface area contributed by atoms with Crippen molar-refractivity contribution < 1.29 is 14.3 Å². The van der Waals surface area contributed by atoms with Crippen LogP contribution in [0.1, 0.15) is 22.8 Å². The Labute approximate surface area is 168 Å². The molecule has 0 amide bonds. The molecule has 0 fully saturated rings. The van der Waals surface area contributed by atoms with Gasteiger partial charge in [-0.3, -0.25) is 4.99 Å². The van der Waals surface area contributed by atoms with Gasteiger partial charge in [0.25, 0.3) is 0 Å². The minimum Gasteiger partial charge on any atom is -0.478 e. The number of rotatable bonds is 5. The molecule has 5 nitrogen and oxygen atoms in total. The van der Waals surface area contributed by atoms with Crippen LogP contribution in [0.25, 0.3) is 33.4 Å². The number of carboxylic acids is 1. The van der Waals surface area contributed by atoms with Gasteiger partial charge in [0, 0.05) is 35.7 Å². The van der Waals surface area contributed by atoms with Crippen LogP contribution in [-0.4, -0.2) is 24.7 Å². The molecular weight excluding hydrogens is 364 g/mol. The molecule has 0 saturated heterocycles. The average molecular weight is 386 g/mol. The molecule has 29 heavy (non-hydrogen) atoms. The van der Waals surface area contributed by atoms with Gasteiger partial charge >= 0.3 is 5.97 Å². The van der Waals surface area contributed by atoms with Crippen LogP contribution in [0.15, 0.2) is 70.1 Å². The van der Waals surface area contributed by atoms with Gasteiger partial charge in [-0.25, -0.2) is 4.79 Å². The van der Waals surface area contributed by atoms with E-state index in [4.69, 9.17) is 4.42 Å². The molecule has 0 aromatic heterocycles. The molecule has 0 unspecified atom stereocenters. The van der Waals surface area contributed by atoms with Crippen LogP contribution in [0.2, 0.25) is 0 Å². The lowest BCUT2D eigenvalue weighted by atomic mass is 9.90. The van der Waals surface area contributed by atoms with Crippen LogP contribution >= 0.6 is 0 Å². The van der Waals surface area contributed by atoms with Gasteiger partial charge in [-0.2, -0.15) is 0 Å². The Morgan fingerprint density at radius 2 is 1.90 bits per heavy atom. The average Bonchev–Trinajstić information content (AvgIpc) is 2.72. The molecule has 0 atom stereocenters. The van der Waals surface area contributed by atoms with E-state index in [1.807, 2.05) is 62.5 Å². The summed E-state index contributed by atoms with van der Waals surface area (Å²) in [6.07, 6.45) is 0. The number of benzene rings is 3. The number of aromatic carboxylic acids is 1. The molecule has 1 aliphatic heterocycles. The molecule has 0 bridgehead atoms. The maximum Gasteiger partial charge on any atom is 0.336 e. The van der Waals surface area contributed by atoms with Crippen LogP contribution < -0.4 is 10.7 Å². The first-order valence-electron chi connectivity index (χ1n) is 9.59. The zero-order valence-electron chi connectivity index (χ0n) is 16.4. The van der Waals surface area contributed by atoms with E-state index in [1.165, 1.54) is 0 Å². The number of carbonyl (C=O) groups is 1. The number of nitrogens with one attached hydrogen (secondary N) is 1. The Bertz CT molecular complexity index is 1240. The first kappa shape index (κ1) is 18.9. The number of nitrogens with zero attached hydrogens (tertiary/aromatic N) is 1. The topological polar surface area (TPSA) is 74.8 Å². The van der Waals surface area contributed by atoms with Gasteiger partial charge in [-0.05, 0) is 49.4 Å². The molecule has 0 radical (unpaired) electrons. The fourth-order valence-electron chi connectivity index (χ4n) is 3.70. The van der Waals surface area contributed by atoms with Crippen LogP contribution in [0.5, 0.6) is 0 Å². The van der Waals surface area contributed by atoms with E-state index in [-0.39, 0.29) is 5.56 Å². The minimum atomic E-state index is -0.952. The highest BCUT2D eigenvalue weighted by atomic mass is 16.4. The third kappa shape index (κ3) is 3.52. The molecule has 2 aromatic carbocycles. The highest BCUT2D eigenvalue weighted by molar-refractivity contribution is 6.07. The van der Waals surface area contributed by atoms with Gasteiger partial charge < -0.3 is 14.8 Å². The number of hydrogen-bond donors (Lipinski definition) is 2. The van der Waals surface area contributed by atoms with Gasteiger partial charge in [0.1, 0.15) is 11.3 Å². The predicted octanol–water partition coefficient (Wildman–Crippen LogP) is 4.54.